The maximum atomic E-state index is 9.81. The second-order valence-electron chi connectivity index (χ2n) is 8.30. The SMILES string of the molecule is N#Cc1cc(Nc2ccc(-c3ccccc3)cc2)c(C#N)cc1Nc1ccc(-c2ccccc2)cc1. The summed E-state index contributed by atoms with van der Waals surface area (Å²) in [6.07, 6.45) is 0. The van der Waals surface area contributed by atoms with Gasteiger partial charge in [-0.2, -0.15) is 10.5 Å². The molecular formula is C32H22N4. The molecule has 0 fully saturated rings. The summed E-state index contributed by atoms with van der Waals surface area (Å²) in [4.78, 5) is 0. The number of benzene rings is 5. The third-order valence-electron chi connectivity index (χ3n) is 5.94. The first kappa shape index (κ1) is 22.5. The molecule has 0 aliphatic rings. The lowest BCUT2D eigenvalue weighted by molar-refractivity contribution is 1.42. The molecule has 2 N–H and O–H groups in total. The van der Waals surface area contributed by atoms with E-state index in [4.69, 9.17) is 0 Å². The highest BCUT2D eigenvalue weighted by Crippen LogP contribution is 2.31. The maximum absolute atomic E-state index is 9.81. The summed E-state index contributed by atoms with van der Waals surface area (Å²) < 4.78 is 0. The van der Waals surface area contributed by atoms with E-state index in [1.54, 1.807) is 12.1 Å². The molecule has 0 atom stereocenters. The van der Waals surface area contributed by atoms with Crippen molar-refractivity contribution in [1.29, 1.82) is 10.5 Å². The van der Waals surface area contributed by atoms with Gasteiger partial charge in [-0.3, -0.25) is 0 Å². The van der Waals surface area contributed by atoms with Crippen molar-refractivity contribution in [2.75, 3.05) is 10.6 Å². The average molecular weight is 463 g/mol. The lowest BCUT2D eigenvalue weighted by Gasteiger charge is -2.14. The van der Waals surface area contributed by atoms with Crippen LogP contribution in [0.1, 0.15) is 11.1 Å². The van der Waals surface area contributed by atoms with Crippen molar-refractivity contribution < 1.29 is 0 Å². The zero-order valence-corrected chi connectivity index (χ0v) is 19.4. The summed E-state index contributed by atoms with van der Waals surface area (Å²) in [6.45, 7) is 0. The molecule has 0 radical (unpaired) electrons. The Morgan fingerprint density at radius 1 is 0.417 bits per heavy atom. The second kappa shape index (κ2) is 10.3. The Morgan fingerprint density at radius 3 is 1.08 bits per heavy atom. The van der Waals surface area contributed by atoms with Crippen molar-refractivity contribution in [3.63, 3.8) is 0 Å². The largest absolute Gasteiger partial charge is 0.354 e. The second-order valence-corrected chi connectivity index (χ2v) is 8.30. The average Bonchev–Trinajstić information content (AvgIpc) is 2.95. The van der Waals surface area contributed by atoms with E-state index >= 15 is 0 Å². The quantitative estimate of drug-likeness (QED) is 0.266. The van der Waals surface area contributed by atoms with Crippen molar-refractivity contribution in [1.82, 2.24) is 0 Å². The molecule has 0 aliphatic carbocycles. The number of nitrogens with one attached hydrogen (secondary N) is 2. The van der Waals surface area contributed by atoms with E-state index in [1.165, 1.54) is 0 Å². The van der Waals surface area contributed by atoms with Crippen LogP contribution in [0.15, 0.2) is 121 Å². The molecule has 0 saturated heterocycles. The van der Waals surface area contributed by atoms with Crippen molar-refractivity contribution in [2.45, 2.75) is 0 Å². The molecule has 170 valence electrons. The first-order valence-corrected chi connectivity index (χ1v) is 11.6. The van der Waals surface area contributed by atoms with E-state index in [-0.39, 0.29) is 0 Å². The minimum absolute atomic E-state index is 0.449. The van der Waals surface area contributed by atoms with Gasteiger partial charge >= 0.3 is 0 Å². The van der Waals surface area contributed by atoms with Crippen LogP contribution in [-0.4, -0.2) is 0 Å². The van der Waals surface area contributed by atoms with Crippen molar-refractivity contribution in [3.05, 3.63) is 132 Å². The number of nitrogens with zero attached hydrogens (tertiary/aromatic N) is 2. The lowest BCUT2D eigenvalue weighted by Crippen LogP contribution is -1.99. The predicted octanol–water partition coefficient (Wildman–Crippen LogP) is 8.25. The van der Waals surface area contributed by atoms with E-state index in [1.807, 2.05) is 84.9 Å². The van der Waals surface area contributed by atoms with Gasteiger partial charge in [-0.15, -0.1) is 0 Å². The van der Waals surface area contributed by atoms with Gasteiger partial charge in [-0.25, -0.2) is 0 Å². The molecule has 5 aromatic carbocycles. The molecule has 5 rings (SSSR count). The zero-order valence-electron chi connectivity index (χ0n) is 19.4. The normalized spacial score (nSPS) is 10.2. The van der Waals surface area contributed by atoms with Crippen LogP contribution < -0.4 is 10.6 Å². The molecule has 0 heterocycles. The molecule has 36 heavy (non-hydrogen) atoms. The Hall–Kier alpha value is -5.32. The van der Waals surface area contributed by atoms with Crippen LogP contribution in [0.3, 0.4) is 0 Å². The number of hydrogen-bond donors (Lipinski definition) is 2. The summed E-state index contributed by atoms with van der Waals surface area (Å²) in [6, 6.07) is 44.2. The highest BCUT2D eigenvalue weighted by Gasteiger charge is 2.11. The van der Waals surface area contributed by atoms with E-state index in [0.717, 1.165) is 33.6 Å². The summed E-state index contributed by atoms with van der Waals surface area (Å²) in [5.41, 5.74) is 8.25. The molecule has 4 heteroatoms. The predicted molar refractivity (Wildman–Crippen MR) is 146 cm³/mol. The van der Waals surface area contributed by atoms with E-state index < -0.39 is 0 Å². The summed E-state index contributed by atoms with van der Waals surface area (Å²) in [5.74, 6) is 0. The van der Waals surface area contributed by atoms with Crippen LogP contribution in [0.25, 0.3) is 22.3 Å². The van der Waals surface area contributed by atoms with Crippen LogP contribution in [0.4, 0.5) is 22.7 Å². The molecule has 0 bridgehead atoms. The van der Waals surface area contributed by atoms with Gasteiger partial charge in [0.05, 0.1) is 22.5 Å². The minimum atomic E-state index is 0.449. The third-order valence-corrected chi connectivity index (χ3v) is 5.94. The van der Waals surface area contributed by atoms with Crippen LogP contribution in [-0.2, 0) is 0 Å². The Morgan fingerprint density at radius 2 is 0.750 bits per heavy atom. The van der Waals surface area contributed by atoms with Gasteiger partial charge in [0, 0.05) is 11.4 Å². The van der Waals surface area contributed by atoms with E-state index in [2.05, 4.69) is 47.0 Å². The fourth-order valence-corrected chi connectivity index (χ4v) is 4.06. The van der Waals surface area contributed by atoms with Gasteiger partial charge in [0.15, 0.2) is 0 Å². The topological polar surface area (TPSA) is 71.6 Å². The van der Waals surface area contributed by atoms with Crippen LogP contribution in [0.5, 0.6) is 0 Å². The molecule has 0 aromatic heterocycles. The van der Waals surface area contributed by atoms with Crippen molar-refractivity contribution in [3.8, 4) is 34.4 Å². The summed E-state index contributed by atoms with van der Waals surface area (Å²) in [5, 5.41) is 26.2. The number of rotatable bonds is 6. The Balaban J connectivity index is 1.37. The number of hydrogen-bond acceptors (Lipinski definition) is 4. The first-order chi connectivity index (χ1) is 17.7. The monoisotopic (exact) mass is 462 g/mol. The van der Waals surface area contributed by atoms with Crippen LogP contribution >= 0.6 is 0 Å². The Labute approximate surface area is 210 Å². The summed E-state index contributed by atoms with van der Waals surface area (Å²) in [7, 11) is 0. The fourth-order valence-electron chi connectivity index (χ4n) is 4.06. The van der Waals surface area contributed by atoms with Gasteiger partial charge in [0.25, 0.3) is 0 Å². The lowest BCUT2D eigenvalue weighted by atomic mass is 10.0. The molecule has 5 aromatic rings. The Bertz CT molecular complexity index is 1440. The number of anilines is 4. The van der Waals surface area contributed by atoms with Gasteiger partial charge in [-0.05, 0) is 58.7 Å². The zero-order chi connectivity index (χ0) is 24.7. The molecule has 0 amide bonds. The molecule has 0 aliphatic heterocycles. The maximum Gasteiger partial charge on any atom is 0.101 e. The smallest absolute Gasteiger partial charge is 0.101 e. The van der Waals surface area contributed by atoms with Gasteiger partial charge in [-0.1, -0.05) is 84.9 Å². The van der Waals surface area contributed by atoms with Crippen LogP contribution in [0, 0.1) is 22.7 Å². The van der Waals surface area contributed by atoms with Gasteiger partial charge in [0.1, 0.15) is 12.1 Å². The first-order valence-electron chi connectivity index (χ1n) is 11.6. The van der Waals surface area contributed by atoms with Crippen molar-refractivity contribution >= 4 is 22.7 Å². The molecule has 0 unspecified atom stereocenters. The van der Waals surface area contributed by atoms with E-state index in [9.17, 15) is 10.5 Å². The fraction of sp³-hybridized carbons (Fsp3) is 0. The third kappa shape index (κ3) is 4.94. The summed E-state index contributed by atoms with van der Waals surface area (Å²) >= 11 is 0. The highest BCUT2D eigenvalue weighted by atomic mass is 14.9. The number of nitriles is 2. The highest BCUT2D eigenvalue weighted by molar-refractivity contribution is 5.78. The Kier molecular flexibility index (Phi) is 6.43. The van der Waals surface area contributed by atoms with E-state index in [0.29, 0.717) is 22.5 Å². The van der Waals surface area contributed by atoms with Crippen LogP contribution in [0.2, 0.25) is 0 Å². The molecular weight excluding hydrogens is 440 g/mol. The molecule has 4 nitrogen and oxygen atoms in total. The molecule has 0 spiro atoms. The minimum Gasteiger partial charge on any atom is -0.354 e. The van der Waals surface area contributed by atoms with Crippen molar-refractivity contribution in [2.24, 2.45) is 0 Å². The standard InChI is InChI=1S/C32H22N4/c33-21-27-20-32(36-30-17-13-26(14-18-30)24-9-5-2-6-10-24)28(22-34)19-31(27)35-29-15-11-25(12-16-29)23-7-3-1-4-8-23/h1-20,35-36H. The molecule has 0 saturated carbocycles. The van der Waals surface area contributed by atoms with Gasteiger partial charge in [0.2, 0.25) is 0 Å². The van der Waals surface area contributed by atoms with Gasteiger partial charge < -0.3 is 10.6 Å².